The van der Waals surface area contributed by atoms with Gasteiger partial charge in [0.05, 0.1) is 5.69 Å². The topological polar surface area (TPSA) is 69.3 Å². The molecule has 2 heterocycles. The molecule has 1 N–H and O–H groups in total. The highest BCUT2D eigenvalue weighted by Gasteiger charge is 2.22. The third kappa shape index (κ3) is 3.59. The van der Waals surface area contributed by atoms with E-state index in [1.807, 2.05) is 18.2 Å². The van der Waals surface area contributed by atoms with Crippen LogP contribution in [0, 0.1) is 0 Å². The molecule has 24 heavy (non-hydrogen) atoms. The Morgan fingerprint density at radius 3 is 2.62 bits per heavy atom. The molecule has 1 aliphatic heterocycles. The molecule has 1 fully saturated rings. The van der Waals surface area contributed by atoms with Crippen molar-refractivity contribution in [3.8, 4) is 11.3 Å². The van der Waals surface area contributed by atoms with E-state index in [2.05, 4.69) is 10.2 Å². The molecular formula is C17H19ClN4O2. The molecule has 0 unspecified atom stereocenters. The first-order valence-electron chi connectivity index (χ1n) is 7.91. The SMILES string of the molecule is CC(=O)N1CCCN(C(=O)c2cc(-c3cccc(Cl)c3)n[nH]2)CC1. The summed E-state index contributed by atoms with van der Waals surface area (Å²) in [4.78, 5) is 27.7. The van der Waals surface area contributed by atoms with E-state index in [-0.39, 0.29) is 11.8 Å². The highest BCUT2D eigenvalue weighted by Crippen LogP contribution is 2.22. The maximum atomic E-state index is 12.7. The number of carbonyl (C=O) groups excluding carboxylic acids is 2. The zero-order valence-corrected chi connectivity index (χ0v) is 14.2. The van der Waals surface area contributed by atoms with E-state index in [0.717, 1.165) is 12.0 Å². The third-order valence-corrected chi connectivity index (χ3v) is 4.39. The first kappa shape index (κ1) is 16.5. The molecule has 0 atom stereocenters. The summed E-state index contributed by atoms with van der Waals surface area (Å²) in [6.45, 7) is 3.98. The molecule has 1 aromatic heterocycles. The Bertz CT molecular complexity index is 759. The number of nitrogens with zero attached hydrogens (tertiary/aromatic N) is 3. The number of halogens is 1. The van der Waals surface area contributed by atoms with Crippen LogP contribution in [0.5, 0.6) is 0 Å². The van der Waals surface area contributed by atoms with Crippen LogP contribution in [0.4, 0.5) is 0 Å². The normalized spacial score (nSPS) is 15.2. The van der Waals surface area contributed by atoms with Gasteiger partial charge < -0.3 is 9.80 Å². The molecule has 0 bridgehead atoms. The monoisotopic (exact) mass is 346 g/mol. The second kappa shape index (κ2) is 7.05. The number of aromatic nitrogens is 2. The lowest BCUT2D eigenvalue weighted by Gasteiger charge is -2.20. The molecule has 0 saturated carbocycles. The van der Waals surface area contributed by atoms with E-state index in [1.165, 1.54) is 0 Å². The van der Waals surface area contributed by atoms with Crippen molar-refractivity contribution in [2.75, 3.05) is 26.2 Å². The average molecular weight is 347 g/mol. The van der Waals surface area contributed by atoms with Crippen LogP contribution in [-0.4, -0.2) is 58.0 Å². The van der Waals surface area contributed by atoms with E-state index in [4.69, 9.17) is 11.6 Å². The van der Waals surface area contributed by atoms with Crippen molar-refractivity contribution in [2.24, 2.45) is 0 Å². The molecule has 1 aliphatic rings. The fourth-order valence-corrected chi connectivity index (χ4v) is 3.02. The molecule has 1 saturated heterocycles. The zero-order valence-electron chi connectivity index (χ0n) is 13.5. The third-order valence-electron chi connectivity index (χ3n) is 4.16. The quantitative estimate of drug-likeness (QED) is 0.908. The van der Waals surface area contributed by atoms with Gasteiger partial charge in [0, 0.05) is 43.7 Å². The van der Waals surface area contributed by atoms with Gasteiger partial charge in [0.2, 0.25) is 5.91 Å². The van der Waals surface area contributed by atoms with E-state index in [9.17, 15) is 9.59 Å². The van der Waals surface area contributed by atoms with Gasteiger partial charge >= 0.3 is 0 Å². The Kier molecular flexibility index (Phi) is 4.85. The maximum absolute atomic E-state index is 12.7. The van der Waals surface area contributed by atoms with Gasteiger partial charge in [-0.3, -0.25) is 14.7 Å². The second-order valence-corrected chi connectivity index (χ2v) is 6.27. The van der Waals surface area contributed by atoms with Gasteiger partial charge in [-0.2, -0.15) is 5.10 Å². The smallest absolute Gasteiger partial charge is 0.271 e. The number of amides is 2. The van der Waals surface area contributed by atoms with Gasteiger partial charge in [0.15, 0.2) is 0 Å². The number of H-pyrrole nitrogens is 1. The molecule has 2 aromatic rings. The summed E-state index contributed by atoms with van der Waals surface area (Å²) >= 11 is 6.00. The molecule has 126 valence electrons. The summed E-state index contributed by atoms with van der Waals surface area (Å²) in [6.07, 6.45) is 0.778. The summed E-state index contributed by atoms with van der Waals surface area (Å²) in [5.74, 6) is -0.0461. The highest BCUT2D eigenvalue weighted by atomic mass is 35.5. The van der Waals surface area contributed by atoms with Gasteiger partial charge in [-0.25, -0.2) is 0 Å². The largest absolute Gasteiger partial charge is 0.341 e. The predicted molar refractivity (Wildman–Crippen MR) is 91.8 cm³/mol. The lowest BCUT2D eigenvalue weighted by Crippen LogP contribution is -2.36. The number of benzene rings is 1. The van der Waals surface area contributed by atoms with E-state index >= 15 is 0 Å². The summed E-state index contributed by atoms with van der Waals surface area (Å²) in [5, 5.41) is 7.65. The lowest BCUT2D eigenvalue weighted by atomic mass is 10.1. The van der Waals surface area contributed by atoms with Crippen molar-refractivity contribution in [3.63, 3.8) is 0 Å². The Morgan fingerprint density at radius 1 is 1.12 bits per heavy atom. The van der Waals surface area contributed by atoms with Gasteiger partial charge in [-0.05, 0) is 24.6 Å². The van der Waals surface area contributed by atoms with Crippen LogP contribution >= 0.6 is 11.6 Å². The predicted octanol–water partition coefficient (Wildman–Crippen LogP) is 2.42. The van der Waals surface area contributed by atoms with Crippen LogP contribution in [0.3, 0.4) is 0 Å². The number of hydrogen-bond donors (Lipinski definition) is 1. The highest BCUT2D eigenvalue weighted by molar-refractivity contribution is 6.30. The molecule has 0 radical (unpaired) electrons. The van der Waals surface area contributed by atoms with Crippen molar-refractivity contribution in [1.29, 1.82) is 0 Å². The van der Waals surface area contributed by atoms with Gasteiger partial charge in [0.25, 0.3) is 5.91 Å². The standard InChI is InChI=1S/C17H19ClN4O2/c1-12(23)21-6-3-7-22(9-8-21)17(24)16-11-15(19-20-16)13-4-2-5-14(18)10-13/h2,4-5,10-11H,3,6-9H2,1H3,(H,19,20). The fourth-order valence-electron chi connectivity index (χ4n) is 2.83. The second-order valence-electron chi connectivity index (χ2n) is 5.83. The van der Waals surface area contributed by atoms with Crippen LogP contribution < -0.4 is 0 Å². The van der Waals surface area contributed by atoms with Gasteiger partial charge in [-0.1, -0.05) is 23.7 Å². The minimum atomic E-state index is -0.0961. The Balaban J connectivity index is 1.73. The number of nitrogens with one attached hydrogen (secondary N) is 1. The lowest BCUT2D eigenvalue weighted by molar-refractivity contribution is -0.128. The number of rotatable bonds is 2. The van der Waals surface area contributed by atoms with Crippen molar-refractivity contribution in [3.05, 3.63) is 41.0 Å². The Hall–Kier alpha value is -2.34. The molecule has 0 aliphatic carbocycles. The minimum Gasteiger partial charge on any atom is -0.341 e. The molecule has 7 heteroatoms. The van der Waals surface area contributed by atoms with Crippen LogP contribution in [0.15, 0.2) is 30.3 Å². The van der Waals surface area contributed by atoms with Crippen molar-refractivity contribution >= 4 is 23.4 Å². The molecular weight excluding hydrogens is 328 g/mol. The maximum Gasteiger partial charge on any atom is 0.271 e. The Morgan fingerprint density at radius 2 is 1.88 bits per heavy atom. The average Bonchev–Trinajstić information content (AvgIpc) is 2.92. The number of aromatic amines is 1. The van der Waals surface area contributed by atoms with Crippen molar-refractivity contribution in [1.82, 2.24) is 20.0 Å². The fraction of sp³-hybridized carbons (Fsp3) is 0.353. The van der Waals surface area contributed by atoms with Gasteiger partial charge in [0.1, 0.15) is 5.69 Å². The van der Waals surface area contributed by atoms with E-state index < -0.39 is 0 Å². The number of hydrogen-bond acceptors (Lipinski definition) is 3. The van der Waals surface area contributed by atoms with Crippen LogP contribution in [0.2, 0.25) is 5.02 Å². The van der Waals surface area contributed by atoms with Crippen LogP contribution in [0.25, 0.3) is 11.3 Å². The van der Waals surface area contributed by atoms with Crippen LogP contribution in [-0.2, 0) is 4.79 Å². The van der Waals surface area contributed by atoms with Crippen molar-refractivity contribution in [2.45, 2.75) is 13.3 Å². The van der Waals surface area contributed by atoms with Gasteiger partial charge in [-0.15, -0.1) is 0 Å². The summed E-state index contributed by atoms with van der Waals surface area (Å²) < 4.78 is 0. The molecule has 2 amide bonds. The summed E-state index contributed by atoms with van der Waals surface area (Å²) in [5.41, 5.74) is 1.98. The number of carbonyl (C=O) groups is 2. The van der Waals surface area contributed by atoms with Crippen molar-refractivity contribution < 1.29 is 9.59 Å². The molecule has 0 spiro atoms. The molecule has 6 nitrogen and oxygen atoms in total. The Labute approximate surface area is 145 Å². The van der Waals surface area contributed by atoms with E-state index in [0.29, 0.717) is 42.6 Å². The summed E-state index contributed by atoms with van der Waals surface area (Å²) in [7, 11) is 0. The summed E-state index contributed by atoms with van der Waals surface area (Å²) in [6, 6.07) is 9.08. The van der Waals surface area contributed by atoms with E-state index in [1.54, 1.807) is 28.9 Å². The first-order valence-corrected chi connectivity index (χ1v) is 8.28. The first-order chi connectivity index (χ1) is 11.5. The zero-order chi connectivity index (χ0) is 17.1. The minimum absolute atomic E-state index is 0.0501. The van der Waals surface area contributed by atoms with Crippen LogP contribution in [0.1, 0.15) is 23.8 Å². The molecule has 1 aromatic carbocycles. The molecule has 3 rings (SSSR count).